The molecule has 8 heteroatoms. The Kier molecular flexibility index (Phi) is 5.52. The third-order valence-electron chi connectivity index (χ3n) is 3.60. The number of Topliss-reactive ketones (excluding diaryl/α,β-unsaturated/α-hetero) is 1. The van der Waals surface area contributed by atoms with Crippen LogP contribution in [0.15, 0.2) is 45.6 Å². The first-order valence-electron chi connectivity index (χ1n) is 7.87. The smallest absolute Gasteiger partial charge is 0.307 e. The van der Waals surface area contributed by atoms with Crippen molar-refractivity contribution in [3.05, 3.63) is 58.4 Å². The Bertz CT molecular complexity index is 890. The quantitative estimate of drug-likeness (QED) is 0.463. The zero-order valence-electron chi connectivity index (χ0n) is 13.8. The second-order valence-electron chi connectivity index (χ2n) is 5.53. The van der Waals surface area contributed by atoms with Gasteiger partial charge in [-0.1, -0.05) is 5.16 Å². The predicted octanol–water partition coefficient (Wildman–Crippen LogP) is 3.68. The van der Waals surface area contributed by atoms with Crippen molar-refractivity contribution >= 4 is 23.1 Å². The van der Waals surface area contributed by atoms with Gasteiger partial charge in [-0.2, -0.15) is 16.3 Å². The number of benzene rings is 1. The van der Waals surface area contributed by atoms with Gasteiger partial charge in [-0.05, 0) is 42.6 Å². The van der Waals surface area contributed by atoms with Crippen molar-refractivity contribution in [1.82, 2.24) is 10.1 Å². The van der Waals surface area contributed by atoms with E-state index in [4.69, 9.17) is 9.26 Å². The molecule has 0 spiro atoms. The van der Waals surface area contributed by atoms with Crippen LogP contribution in [0.3, 0.4) is 0 Å². The minimum atomic E-state index is -0.961. The van der Waals surface area contributed by atoms with Gasteiger partial charge < -0.3 is 9.26 Å². The second-order valence-corrected chi connectivity index (χ2v) is 6.31. The molecule has 0 fully saturated rings. The van der Waals surface area contributed by atoms with E-state index in [-0.39, 0.29) is 18.4 Å². The highest BCUT2D eigenvalue weighted by Gasteiger charge is 2.20. The number of aryl methyl sites for hydroxylation is 1. The number of ether oxygens (including phenoxy) is 1. The first-order chi connectivity index (χ1) is 12.5. The maximum absolute atomic E-state index is 12.9. The number of hydrogen-bond acceptors (Lipinski definition) is 7. The molecule has 2 aromatic heterocycles. The molecule has 134 valence electrons. The van der Waals surface area contributed by atoms with Crippen LogP contribution in [0.25, 0.3) is 11.4 Å². The van der Waals surface area contributed by atoms with Gasteiger partial charge in [0, 0.05) is 22.9 Å². The summed E-state index contributed by atoms with van der Waals surface area (Å²) < 4.78 is 23.1. The summed E-state index contributed by atoms with van der Waals surface area (Å²) >= 11 is 1.52. The molecule has 0 aliphatic carbocycles. The summed E-state index contributed by atoms with van der Waals surface area (Å²) in [6.45, 7) is 1.48. The predicted molar refractivity (Wildman–Crippen MR) is 92.2 cm³/mol. The van der Waals surface area contributed by atoms with Gasteiger partial charge in [0.15, 0.2) is 6.10 Å². The molecule has 0 saturated carbocycles. The van der Waals surface area contributed by atoms with Crippen LogP contribution in [-0.4, -0.2) is 28.0 Å². The molecule has 0 aliphatic heterocycles. The fourth-order valence-electron chi connectivity index (χ4n) is 2.23. The lowest BCUT2D eigenvalue weighted by Crippen LogP contribution is -2.24. The van der Waals surface area contributed by atoms with Crippen LogP contribution in [0.4, 0.5) is 4.39 Å². The normalized spacial score (nSPS) is 11.9. The Morgan fingerprint density at radius 1 is 1.27 bits per heavy atom. The number of nitrogens with zero attached hydrogens (tertiary/aromatic N) is 2. The van der Waals surface area contributed by atoms with Gasteiger partial charge in [0.2, 0.25) is 17.5 Å². The minimum Gasteiger partial charge on any atom is -0.454 e. The Balaban J connectivity index is 1.50. The topological polar surface area (TPSA) is 82.3 Å². The fourth-order valence-corrected chi connectivity index (χ4v) is 2.87. The zero-order valence-corrected chi connectivity index (χ0v) is 14.7. The zero-order chi connectivity index (χ0) is 18.5. The molecule has 6 nitrogen and oxygen atoms in total. The molecule has 0 N–H and O–H groups in total. The summed E-state index contributed by atoms with van der Waals surface area (Å²) in [5, 5.41) is 7.66. The molecule has 1 aromatic carbocycles. The summed E-state index contributed by atoms with van der Waals surface area (Å²) in [6.07, 6.45) is -0.739. The summed E-state index contributed by atoms with van der Waals surface area (Å²) in [5.74, 6) is -0.596. The van der Waals surface area contributed by atoms with Gasteiger partial charge in [0.1, 0.15) is 5.82 Å². The third kappa shape index (κ3) is 4.40. The lowest BCUT2D eigenvalue weighted by atomic mass is 10.1. The van der Waals surface area contributed by atoms with Crippen molar-refractivity contribution in [3.63, 3.8) is 0 Å². The molecular formula is C18H15FN2O4S. The van der Waals surface area contributed by atoms with Crippen molar-refractivity contribution in [3.8, 4) is 11.4 Å². The average molecular weight is 374 g/mol. The molecule has 0 amide bonds. The van der Waals surface area contributed by atoms with Crippen LogP contribution in [0.5, 0.6) is 0 Å². The van der Waals surface area contributed by atoms with Gasteiger partial charge in [-0.3, -0.25) is 9.59 Å². The van der Waals surface area contributed by atoms with Crippen LogP contribution in [0.1, 0.15) is 29.6 Å². The van der Waals surface area contributed by atoms with E-state index in [2.05, 4.69) is 10.1 Å². The SMILES string of the molecule is C[C@H](OC(=O)CCc1nc(-c2ccsc2)no1)C(=O)c1ccc(F)cc1. The van der Waals surface area contributed by atoms with Crippen molar-refractivity contribution in [2.45, 2.75) is 25.9 Å². The Morgan fingerprint density at radius 3 is 2.73 bits per heavy atom. The number of hydrogen-bond donors (Lipinski definition) is 0. The number of halogens is 1. The molecule has 2 heterocycles. The molecule has 3 aromatic rings. The van der Waals surface area contributed by atoms with E-state index in [1.54, 1.807) is 0 Å². The monoisotopic (exact) mass is 374 g/mol. The van der Waals surface area contributed by atoms with Crippen molar-refractivity contribution in [2.24, 2.45) is 0 Å². The summed E-state index contributed by atoms with van der Waals surface area (Å²) in [4.78, 5) is 28.3. The largest absolute Gasteiger partial charge is 0.454 e. The lowest BCUT2D eigenvalue weighted by Gasteiger charge is -2.11. The molecule has 26 heavy (non-hydrogen) atoms. The van der Waals surface area contributed by atoms with Crippen LogP contribution < -0.4 is 0 Å². The van der Waals surface area contributed by atoms with E-state index >= 15 is 0 Å². The third-order valence-corrected chi connectivity index (χ3v) is 4.28. The highest BCUT2D eigenvalue weighted by Crippen LogP contribution is 2.19. The number of carbonyl (C=O) groups is 2. The fraction of sp³-hybridized carbons (Fsp3) is 0.222. The number of thiophene rings is 1. The van der Waals surface area contributed by atoms with E-state index in [0.29, 0.717) is 11.7 Å². The molecular weight excluding hydrogens is 359 g/mol. The molecule has 0 aliphatic rings. The Labute approximate surface area is 152 Å². The van der Waals surface area contributed by atoms with Gasteiger partial charge in [-0.25, -0.2) is 4.39 Å². The van der Waals surface area contributed by atoms with Crippen LogP contribution in [-0.2, 0) is 16.0 Å². The van der Waals surface area contributed by atoms with E-state index < -0.39 is 23.7 Å². The van der Waals surface area contributed by atoms with E-state index in [1.807, 2.05) is 16.8 Å². The molecule has 3 rings (SSSR count). The highest BCUT2D eigenvalue weighted by atomic mass is 32.1. The van der Waals surface area contributed by atoms with Gasteiger partial charge in [0.05, 0.1) is 6.42 Å². The number of rotatable bonds is 7. The molecule has 0 saturated heterocycles. The Morgan fingerprint density at radius 2 is 2.04 bits per heavy atom. The molecule has 0 unspecified atom stereocenters. The van der Waals surface area contributed by atoms with Crippen molar-refractivity contribution < 1.29 is 23.2 Å². The first-order valence-corrected chi connectivity index (χ1v) is 8.81. The van der Waals surface area contributed by atoms with Gasteiger partial charge in [-0.15, -0.1) is 0 Å². The average Bonchev–Trinajstić information content (AvgIpc) is 3.31. The number of esters is 1. The van der Waals surface area contributed by atoms with Crippen molar-refractivity contribution in [2.75, 3.05) is 0 Å². The summed E-state index contributed by atoms with van der Waals surface area (Å²) in [6, 6.07) is 6.94. The second kappa shape index (κ2) is 8.01. The van der Waals surface area contributed by atoms with Crippen LogP contribution >= 0.6 is 11.3 Å². The summed E-state index contributed by atoms with van der Waals surface area (Å²) in [5.41, 5.74) is 1.13. The van der Waals surface area contributed by atoms with E-state index in [1.165, 1.54) is 42.5 Å². The Hall–Kier alpha value is -2.87. The standard InChI is InChI=1S/C18H15FN2O4S/c1-11(17(23)12-2-4-14(19)5-3-12)24-16(22)7-6-15-20-18(21-25-15)13-8-9-26-10-13/h2-5,8-11H,6-7H2,1H3/t11-/m0/s1. The minimum absolute atomic E-state index is 0.00626. The number of ketones is 1. The van der Waals surface area contributed by atoms with Gasteiger partial charge in [0.25, 0.3) is 0 Å². The maximum atomic E-state index is 12.9. The summed E-state index contributed by atoms with van der Waals surface area (Å²) in [7, 11) is 0. The lowest BCUT2D eigenvalue weighted by molar-refractivity contribution is -0.146. The van der Waals surface area contributed by atoms with Crippen molar-refractivity contribution in [1.29, 1.82) is 0 Å². The van der Waals surface area contributed by atoms with Gasteiger partial charge >= 0.3 is 5.97 Å². The molecule has 1 atom stereocenters. The number of aromatic nitrogens is 2. The molecule has 0 bridgehead atoms. The highest BCUT2D eigenvalue weighted by molar-refractivity contribution is 7.08. The maximum Gasteiger partial charge on any atom is 0.307 e. The number of carbonyl (C=O) groups excluding carboxylic acids is 2. The first kappa shape index (κ1) is 17.9. The molecule has 0 radical (unpaired) electrons. The van der Waals surface area contributed by atoms with Crippen LogP contribution in [0.2, 0.25) is 0 Å². The van der Waals surface area contributed by atoms with E-state index in [0.717, 1.165) is 5.56 Å². The van der Waals surface area contributed by atoms with E-state index in [9.17, 15) is 14.0 Å². The van der Waals surface area contributed by atoms with Crippen LogP contribution in [0, 0.1) is 5.82 Å².